The van der Waals surface area contributed by atoms with E-state index in [0.717, 1.165) is 12.2 Å². The predicted molar refractivity (Wildman–Crippen MR) is 87.3 cm³/mol. The minimum absolute atomic E-state index is 0.261. The number of fused-ring (bicyclic) bond motifs is 1. The summed E-state index contributed by atoms with van der Waals surface area (Å²) in [5.41, 5.74) is 3.29. The molecule has 1 aromatic rings. The van der Waals surface area contributed by atoms with E-state index in [1.165, 1.54) is 68.9 Å². The molecular weight excluding hydrogens is 280 g/mol. The van der Waals surface area contributed by atoms with Crippen molar-refractivity contribution >= 4 is 11.6 Å². The molecule has 0 amide bonds. The quantitative estimate of drug-likeness (QED) is 0.676. The van der Waals surface area contributed by atoms with Gasteiger partial charge in [0.05, 0.1) is 0 Å². The highest BCUT2D eigenvalue weighted by Gasteiger charge is 2.55. The van der Waals surface area contributed by atoms with E-state index >= 15 is 0 Å². The van der Waals surface area contributed by atoms with Gasteiger partial charge >= 0.3 is 0 Å². The van der Waals surface area contributed by atoms with Gasteiger partial charge in [-0.1, -0.05) is 31.7 Å². The summed E-state index contributed by atoms with van der Waals surface area (Å²) < 4.78 is 6.41. The van der Waals surface area contributed by atoms with Crippen molar-refractivity contribution in [1.82, 2.24) is 0 Å². The van der Waals surface area contributed by atoms with Gasteiger partial charge in [-0.25, -0.2) is 0 Å². The van der Waals surface area contributed by atoms with Crippen molar-refractivity contribution in [2.75, 3.05) is 0 Å². The molecule has 3 aliphatic rings. The first-order chi connectivity index (χ1) is 10.3. The molecule has 21 heavy (non-hydrogen) atoms. The number of rotatable bonds is 2. The molecule has 2 unspecified atom stereocenters. The molecule has 0 saturated heterocycles. The number of hydrogen-bond acceptors (Lipinski definition) is 1. The first-order valence-corrected chi connectivity index (χ1v) is 9.14. The molecule has 1 spiro atoms. The molecule has 114 valence electrons. The fourth-order valence-electron chi connectivity index (χ4n) is 4.67. The van der Waals surface area contributed by atoms with E-state index < -0.39 is 0 Å². The third-order valence-electron chi connectivity index (χ3n) is 6.07. The fraction of sp³-hybridized carbons (Fsp3) is 0.684. The van der Waals surface area contributed by atoms with Crippen LogP contribution >= 0.6 is 11.6 Å². The van der Waals surface area contributed by atoms with Gasteiger partial charge in [0.2, 0.25) is 0 Å². The van der Waals surface area contributed by atoms with E-state index in [2.05, 4.69) is 18.2 Å². The summed E-state index contributed by atoms with van der Waals surface area (Å²) in [6.07, 6.45) is 13.1. The van der Waals surface area contributed by atoms with Gasteiger partial charge in [0.25, 0.3) is 0 Å². The van der Waals surface area contributed by atoms with Crippen LogP contribution in [-0.4, -0.2) is 11.5 Å². The monoisotopic (exact) mass is 304 g/mol. The first-order valence-electron chi connectivity index (χ1n) is 8.70. The van der Waals surface area contributed by atoms with Gasteiger partial charge in [0.1, 0.15) is 11.9 Å². The van der Waals surface area contributed by atoms with Crippen molar-refractivity contribution in [3.05, 3.63) is 29.3 Å². The lowest BCUT2D eigenvalue weighted by atomic mass is 9.61. The van der Waals surface area contributed by atoms with Crippen molar-refractivity contribution < 1.29 is 4.74 Å². The van der Waals surface area contributed by atoms with Gasteiger partial charge in [-0.05, 0) is 55.4 Å². The average Bonchev–Trinajstić information content (AvgIpc) is 2.79. The van der Waals surface area contributed by atoms with Gasteiger partial charge in [-0.3, -0.25) is 0 Å². The molecule has 2 atom stereocenters. The zero-order valence-corrected chi connectivity index (χ0v) is 13.5. The van der Waals surface area contributed by atoms with Crippen LogP contribution in [-0.2, 0) is 12.8 Å². The summed E-state index contributed by atoms with van der Waals surface area (Å²) in [7, 11) is 0. The van der Waals surface area contributed by atoms with Gasteiger partial charge < -0.3 is 4.74 Å². The molecule has 0 bridgehead atoms. The Labute approximate surface area is 133 Å². The minimum atomic E-state index is 0.261. The molecule has 2 heteroatoms. The summed E-state index contributed by atoms with van der Waals surface area (Å²) in [6.45, 7) is 0. The Morgan fingerprint density at radius 3 is 2.48 bits per heavy atom. The average molecular weight is 305 g/mol. The number of hydrogen-bond donors (Lipinski definition) is 0. The summed E-state index contributed by atoms with van der Waals surface area (Å²) in [5.74, 6) is 1.08. The van der Waals surface area contributed by atoms with Gasteiger partial charge in [-0.2, -0.15) is 0 Å². The van der Waals surface area contributed by atoms with Gasteiger partial charge in [0, 0.05) is 17.2 Å². The second kappa shape index (κ2) is 5.50. The lowest BCUT2D eigenvalue weighted by Gasteiger charge is -2.53. The van der Waals surface area contributed by atoms with E-state index in [0.29, 0.717) is 11.5 Å². The Morgan fingerprint density at radius 1 is 0.952 bits per heavy atom. The Morgan fingerprint density at radius 2 is 1.71 bits per heavy atom. The lowest BCUT2D eigenvalue weighted by Crippen LogP contribution is -2.57. The smallest absolute Gasteiger partial charge is 0.120 e. The van der Waals surface area contributed by atoms with E-state index in [1.54, 1.807) is 0 Å². The molecule has 0 aliphatic heterocycles. The van der Waals surface area contributed by atoms with Crippen LogP contribution in [0.4, 0.5) is 0 Å². The van der Waals surface area contributed by atoms with Crippen LogP contribution < -0.4 is 4.74 Å². The maximum Gasteiger partial charge on any atom is 0.120 e. The molecule has 0 radical (unpaired) electrons. The zero-order valence-electron chi connectivity index (χ0n) is 12.7. The van der Waals surface area contributed by atoms with Crippen molar-refractivity contribution in [2.45, 2.75) is 75.7 Å². The molecular formula is C19H25ClO. The van der Waals surface area contributed by atoms with E-state index in [4.69, 9.17) is 16.3 Å². The van der Waals surface area contributed by atoms with Crippen LogP contribution in [0.5, 0.6) is 5.75 Å². The molecule has 2 saturated carbocycles. The number of benzene rings is 1. The second-order valence-electron chi connectivity index (χ2n) is 7.24. The lowest BCUT2D eigenvalue weighted by molar-refractivity contribution is -0.0512. The van der Waals surface area contributed by atoms with Crippen LogP contribution in [0.3, 0.4) is 0 Å². The van der Waals surface area contributed by atoms with E-state index in [9.17, 15) is 0 Å². The highest BCUT2D eigenvalue weighted by atomic mass is 35.5. The van der Waals surface area contributed by atoms with Crippen molar-refractivity contribution in [3.8, 4) is 5.75 Å². The molecule has 1 aromatic carbocycles. The second-order valence-corrected chi connectivity index (χ2v) is 7.77. The fourth-order valence-corrected chi connectivity index (χ4v) is 5.19. The summed E-state index contributed by atoms with van der Waals surface area (Å²) >= 11 is 6.63. The Hall–Kier alpha value is -0.690. The number of ether oxygens (including phenoxy) is 1. The standard InChI is InChI=1S/C19H25ClO/c20-17-13-18(19(17)10-3-1-2-4-11-19)21-16-9-8-14-6-5-7-15(14)12-16/h8-9,12,17-18H,1-7,10-11,13H2. The number of aryl methyl sites for hydroxylation is 2. The molecule has 0 aromatic heterocycles. The van der Waals surface area contributed by atoms with Gasteiger partial charge in [-0.15, -0.1) is 11.6 Å². The maximum absolute atomic E-state index is 6.63. The molecule has 0 heterocycles. The van der Waals surface area contributed by atoms with E-state index in [1.807, 2.05) is 0 Å². The topological polar surface area (TPSA) is 9.23 Å². The number of alkyl halides is 1. The van der Waals surface area contributed by atoms with Crippen molar-refractivity contribution in [1.29, 1.82) is 0 Å². The Kier molecular flexibility index (Phi) is 3.65. The van der Waals surface area contributed by atoms with Gasteiger partial charge in [0.15, 0.2) is 0 Å². The molecule has 0 N–H and O–H groups in total. The largest absolute Gasteiger partial charge is 0.490 e. The zero-order chi connectivity index (χ0) is 14.3. The van der Waals surface area contributed by atoms with Crippen LogP contribution in [0.15, 0.2) is 18.2 Å². The first kappa shape index (κ1) is 13.9. The van der Waals surface area contributed by atoms with Crippen LogP contribution in [0.2, 0.25) is 0 Å². The highest BCUT2D eigenvalue weighted by Crippen LogP contribution is 2.55. The summed E-state index contributed by atoms with van der Waals surface area (Å²) in [5, 5.41) is 0.329. The SMILES string of the molecule is ClC1CC(Oc2ccc3c(c2)CCC3)C12CCCCCC2. The van der Waals surface area contributed by atoms with E-state index in [-0.39, 0.29) is 5.41 Å². The normalized spacial score (nSPS) is 30.5. The third-order valence-corrected chi connectivity index (χ3v) is 6.68. The summed E-state index contributed by atoms with van der Waals surface area (Å²) in [6, 6.07) is 6.73. The maximum atomic E-state index is 6.63. The van der Waals surface area contributed by atoms with Crippen LogP contribution in [0.1, 0.15) is 62.5 Å². The molecule has 3 aliphatic carbocycles. The predicted octanol–water partition coefficient (Wildman–Crippen LogP) is 5.27. The molecule has 2 fully saturated rings. The van der Waals surface area contributed by atoms with Crippen LogP contribution in [0, 0.1) is 5.41 Å². The Bertz CT molecular complexity index is 516. The van der Waals surface area contributed by atoms with Crippen molar-refractivity contribution in [3.63, 3.8) is 0 Å². The molecule has 1 nitrogen and oxygen atoms in total. The number of halogens is 1. The highest BCUT2D eigenvalue weighted by molar-refractivity contribution is 6.21. The Balaban J connectivity index is 1.51. The third kappa shape index (κ3) is 2.38. The molecule has 4 rings (SSSR count). The summed E-state index contributed by atoms with van der Waals surface area (Å²) in [4.78, 5) is 0. The van der Waals surface area contributed by atoms with Crippen LogP contribution in [0.25, 0.3) is 0 Å². The minimum Gasteiger partial charge on any atom is -0.490 e. The van der Waals surface area contributed by atoms with Crippen molar-refractivity contribution in [2.24, 2.45) is 5.41 Å².